The summed E-state index contributed by atoms with van der Waals surface area (Å²) < 4.78 is 6.37. The molecule has 0 spiro atoms. The fourth-order valence-corrected chi connectivity index (χ4v) is 19.0. The zero-order valence-electron chi connectivity index (χ0n) is 16.8. The molecule has 0 fully saturated rings. The summed E-state index contributed by atoms with van der Waals surface area (Å²) in [5.41, 5.74) is 0. The zero-order valence-corrected chi connectivity index (χ0v) is 19.7. The molecule has 0 aromatic rings. The average molecular weight is 430 g/mol. The van der Waals surface area contributed by atoms with E-state index in [1.54, 1.807) is 16.9 Å². The predicted octanol–water partition coefficient (Wildman–Crippen LogP) is 7.10. The molecular weight excluding hydrogens is 385 g/mol. The quantitative estimate of drug-likeness (QED) is 0.192. The molecule has 0 aliphatic rings. The molecule has 0 amide bonds. The third kappa shape index (κ3) is 10.9. The van der Waals surface area contributed by atoms with Crippen LogP contribution in [0.1, 0.15) is 91.9 Å². The van der Waals surface area contributed by atoms with Crippen molar-refractivity contribution in [3.8, 4) is 0 Å². The van der Waals surface area contributed by atoms with Gasteiger partial charge in [-0.3, -0.25) is 0 Å². The Kier molecular flexibility index (Phi) is 16.3. The van der Waals surface area contributed by atoms with E-state index in [1.165, 1.54) is 70.8 Å². The van der Waals surface area contributed by atoms with Crippen LogP contribution in [-0.2, 0) is 0 Å². The molecule has 0 heterocycles. The van der Waals surface area contributed by atoms with Crippen LogP contribution in [0.15, 0.2) is 10.2 Å². The van der Waals surface area contributed by atoms with Crippen LogP contribution in [0.2, 0.25) is 13.3 Å². The van der Waals surface area contributed by atoms with E-state index in [-0.39, 0.29) is 0 Å². The predicted molar refractivity (Wildman–Crippen MR) is 111 cm³/mol. The van der Waals surface area contributed by atoms with Gasteiger partial charge in [0.15, 0.2) is 0 Å². The molecule has 0 unspecified atom stereocenters. The van der Waals surface area contributed by atoms with E-state index in [1.807, 2.05) is 0 Å². The van der Waals surface area contributed by atoms with Crippen LogP contribution >= 0.6 is 0 Å². The second-order valence-corrected chi connectivity index (χ2v) is 21.0. The number of hydrogen-bond acceptors (Lipinski definition) is 1. The van der Waals surface area contributed by atoms with Crippen molar-refractivity contribution in [3.05, 3.63) is 10.2 Å². The van der Waals surface area contributed by atoms with Gasteiger partial charge in [0.2, 0.25) is 0 Å². The Hall–Kier alpha value is 0.499. The molecule has 0 aromatic heterocycles. The molecule has 0 saturated carbocycles. The molecular formula is C21H45NSn. The number of unbranched alkanes of at least 4 members (excludes halogenated alkanes) is 6. The Morgan fingerprint density at radius 3 is 1.61 bits per heavy atom. The van der Waals surface area contributed by atoms with E-state index in [0.29, 0.717) is 0 Å². The van der Waals surface area contributed by atoms with Crippen molar-refractivity contribution in [1.29, 1.82) is 0 Å². The van der Waals surface area contributed by atoms with Crippen molar-refractivity contribution < 1.29 is 0 Å². The summed E-state index contributed by atoms with van der Waals surface area (Å²) in [6, 6.07) is 0. The van der Waals surface area contributed by atoms with Crippen LogP contribution in [0.4, 0.5) is 0 Å². The average Bonchev–Trinajstić information content (AvgIpc) is 2.57. The molecule has 2 heteroatoms. The molecule has 0 saturated heterocycles. The van der Waals surface area contributed by atoms with Gasteiger partial charge in [0.05, 0.1) is 0 Å². The standard InChI is InChI=1S/C9H18N.3C4H9.Sn/c1-3-5-6-7-9-10-8-4-2;3*1-3-4-2;/h10H,2-3,5-9H2,1H3;3*1,3-4H2,2H3;. The van der Waals surface area contributed by atoms with Crippen LogP contribution < -0.4 is 5.32 Å². The minimum atomic E-state index is -2.16. The monoisotopic (exact) mass is 431 g/mol. The van der Waals surface area contributed by atoms with Gasteiger partial charge in [0.1, 0.15) is 0 Å². The van der Waals surface area contributed by atoms with E-state index in [9.17, 15) is 0 Å². The first-order chi connectivity index (χ1) is 11.2. The normalized spacial score (nSPS) is 11.8. The summed E-state index contributed by atoms with van der Waals surface area (Å²) in [6.07, 6.45) is 13.8. The second-order valence-electron chi connectivity index (χ2n) is 7.43. The molecule has 1 N–H and O–H groups in total. The van der Waals surface area contributed by atoms with E-state index >= 15 is 0 Å². The fraction of sp³-hybridized carbons (Fsp3) is 0.905. The molecule has 0 atom stereocenters. The SMILES string of the molecule is C=[C](CNCCCCCC)[Sn]([CH2]CCC)([CH2]CCC)[CH2]CCC. The van der Waals surface area contributed by atoms with E-state index in [0.717, 1.165) is 6.54 Å². The van der Waals surface area contributed by atoms with Gasteiger partial charge in [-0.05, 0) is 0 Å². The first-order valence-corrected chi connectivity index (χ1v) is 18.0. The maximum atomic E-state index is 4.65. The first kappa shape index (κ1) is 23.5. The summed E-state index contributed by atoms with van der Waals surface area (Å²) in [4.78, 5) is 0. The second kappa shape index (κ2) is 16.0. The molecule has 1 nitrogen and oxygen atoms in total. The summed E-state index contributed by atoms with van der Waals surface area (Å²) in [6.45, 7) is 16.3. The van der Waals surface area contributed by atoms with Gasteiger partial charge in [0.25, 0.3) is 0 Å². The minimum absolute atomic E-state index is 1.12. The van der Waals surface area contributed by atoms with Crippen LogP contribution in [-0.4, -0.2) is 31.5 Å². The zero-order chi connectivity index (χ0) is 17.4. The van der Waals surface area contributed by atoms with Crippen molar-refractivity contribution in [2.75, 3.05) is 13.1 Å². The summed E-state index contributed by atoms with van der Waals surface area (Å²) >= 11 is -2.16. The Bertz CT molecular complexity index is 253. The van der Waals surface area contributed by atoms with E-state index in [2.05, 4.69) is 39.6 Å². The van der Waals surface area contributed by atoms with Crippen LogP contribution in [0.25, 0.3) is 0 Å². The van der Waals surface area contributed by atoms with Crippen LogP contribution in [0, 0.1) is 0 Å². The van der Waals surface area contributed by atoms with Crippen LogP contribution in [0.3, 0.4) is 0 Å². The van der Waals surface area contributed by atoms with Crippen molar-refractivity contribution in [3.63, 3.8) is 0 Å². The molecule has 0 rings (SSSR count). The third-order valence-corrected chi connectivity index (χ3v) is 21.3. The Morgan fingerprint density at radius 2 is 1.17 bits per heavy atom. The molecule has 0 aromatic carbocycles. The summed E-state index contributed by atoms with van der Waals surface area (Å²) in [5, 5.41) is 3.73. The first-order valence-electron chi connectivity index (χ1n) is 10.6. The van der Waals surface area contributed by atoms with Gasteiger partial charge >= 0.3 is 152 Å². The third-order valence-electron chi connectivity index (χ3n) is 5.32. The topological polar surface area (TPSA) is 12.0 Å². The molecule has 0 radical (unpaired) electrons. The summed E-state index contributed by atoms with van der Waals surface area (Å²) in [7, 11) is 0. The maximum absolute atomic E-state index is 4.65. The van der Waals surface area contributed by atoms with Gasteiger partial charge in [-0.15, -0.1) is 0 Å². The number of rotatable bonds is 17. The van der Waals surface area contributed by atoms with Gasteiger partial charge < -0.3 is 0 Å². The summed E-state index contributed by atoms with van der Waals surface area (Å²) in [5.74, 6) is 0. The Labute approximate surface area is 152 Å². The van der Waals surface area contributed by atoms with Gasteiger partial charge in [-0.1, -0.05) is 0 Å². The van der Waals surface area contributed by atoms with Gasteiger partial charge in [-0.2, -0.15) is 0 Å². The van der Waals surface area contributed by atoms with E-state index in [4.69, 9.17) is 0 Å². The number of nitrogens with one attached hydrogen (secondary N) is 1. The van der Waals surface area contributed by atoms with Crippen LogP contribution in [0.5, 0.6) is 0 Å². The Morgan fingerprint density at radius 1 is 0.696 bits per heavy atom. The molecule has 0 aliphatic carbocycles. The molecule has 23 heavy (non-hydrogen) atoms. The van der Waals surface area contributed by atoms with Crippen molar-refractivity contribution in [1.82, 2.24) is 5.32 Å². The Balaban J connectivity index is 4.54. The van der Waals surface area contributed by atoms with Crippen molar-refractivity contribution in [2.24, 2.45) is 0 Å². The van der Waals surface area contributed by atoms with Crippen molar-refractivity contribution in [2.45, 2.75) is 105 Å². The molecule has 0 bridgehead atoms. The van der Waals surface area contributed by atoms with Gasteiger partial charge in [-0.25, -0.2) is 0 Å². The number of hydrogen-bond donors (Lipinski definition) is 1. The molecule has 138 valence electrons. The van der Waals surface area contributed by atoms with E-state index < -0.39 is 18.4 Å². The fourth-order valence-electron chi connectivity index (χ4n) is 3.55. The van der Waals surface area contributed by atoms with Crippen molar-refractivity contribution >= 4 is 18.4 Å². The molecule has 0 aliphatic heterocycles. The van der Waals surface area contributed by atoms with Gasteiger partial charge in [0, 0.05) is 0 Å².